The van der Waals surface area contributed by atoms with Crippen LogP contribution in [0.15, 0.2) is 10.5 Å². The number of benzene rings is 1. The summed E-state index contributed by atoms with van der Waals surface area (Å²) in [6, 6.07) is 1.40. The van der Waals surface area contributed by atoms with Crippen molar-refractivity contribution in [1.82, 2.24) is 5.32 Å². The molecule has 15 heavy (non-hydrogen) atoms. The minimum atomic E-state index is -0.407. The maximum atomic E-state index is 13.5. The first-order chi connectivity index (χ1) is 7.15. The van der Waals surface area contributed by atoms with E-state index >= 15 is 0 Å². The summed E-state index contributed by atoms with van der Waals surface area (Å²) in [5.41, 5.74) is 0.741. The van der Waals surface area contributed by atoms with Crippen molar-refractivity contribution in [3.63, 3.8) is 0 Å². The van der Waals surface area contributed by atoms with Crippen LogP contribution in [-0.2, 0) is 6.54 Å². The van der Waals surface area contributed by atoms with E-state index in [1.54, 1.807) is 7.05 Å². The van der Waals surface area contributed by atoms with E-state index in [0.29, 0.717) is 16.8 Å². The molecular formula is C10H13BrFNO2. The second kappa shape index (κ2) is 5.32. The molecule has 0 saturated heterocycles. The standard InChI is InChI=1S/C10H13BrFNO2/c1-13-5-6-4-7(12)10(15-3)8(11)9(6)14-2/h4,13H,5H2,1-3H3. The molecule has 0 aliphatic rings. The lowest BCUT2D eigenvalue weighted by Gasteiger charge is -2.13. The van der Waals surface area contributed by atoms with Crippen molar-refractivity contribution in [2.24, 2.45) is 0 Å². The highest BCUT2D eigenvalue weighted by Crippen LogP contribution is 2.39. The number of hydrogen-bond donors (Lipinski definition) is 1. The van der Waals surface area contributed by atoms with Gasteiger partial charge in [0, 0.05) is 12.1 Å². The number of halogens is 2. The number of ether oxygens (including phenoxy) is 2. The van der Waals surface area contributed by atoms with E-state index in [0.717, 1.165) is 5.56 Å². The minimum absolute atomic E-state index is 0.159. The first-order valence-electron chi connectivity index (χ1n) is 4.39. The molecule has 1 N–H and O–H groups in total. The van der Waals surface area contributed by atoms with Crippen LogP contribution >= 0.6 is 15.9 Å². The fraction of sp³-hybridized carbons (Fsp3) is 0.400. The zero-order valence-electron chi connectivity index (χ0n) is 8.86. The molecule has 0 amide bonds. The smallest absolute Gasteiger partial charge is 0.172 e. The van der Waals surface area contributed by atoms with E-state index in [-0.39, 0.29) is 5.75 Å². The Kier molecular flexibility index (Phi) is 4.35. The lowest BCUT2D eigenvalue weighted by molar-refractivity contribution is 0.366. The average molecular weight is 278 g/mol. The summed E-state index contributed by atoms with van der Waals surface area (Å²) in [6.07, 6.45) is 0. The molecule has 1 aromatic carbocycles. The van der Waals surface area contributed by atoms with Gasteiger partial charge in [0.1, 0.15) is 10.2 Å². The maximum Gasteiger partial charge on any atom is 0.172 e. The van der Waals surface area contributed by atoms with E-state index in [4.69, 9.17) is 9.47 Å². The lowest BCUT2D eigenvalue weighted by atomic mass is 10.2. The molecule has 0 atom stereocenters. The van der Waals surface area contributed by atoms with Crippen molar-refractivity contribution in [3.8, 4) is 11.5 Å². The van der Waals surface area contributed by atoms with E-state index in [9.17, 15) is 4.39 Å². The highest BCUT2D eigenvalue weighted by Gasteiger charge is 2.17. The summed E-state index contributed by atoms with van der Waals surface area (Å²) >= 11 is 3.26. The zero-order chi connectivity index (χ0) is 11.4. The molecule has 0 spiro atoms. The van der Waals surface area contributed by atoms with Gasteiger partial charge < -0.3 is 14.8 Å². The van der Waals surface area contributed by atoms with Gasteiger partial charge in [-0.2, -0.15) is 0 Å². The van der Waals surface area contributed by atoms with Crippen LogP contribution in [0.2, 0.25) is 0 Å². The third kappa shape index (κ3) is 2.41. The number of methoxy groups -OCH3 is 2. The van der Waals surface area contributed by atoms with E-state index < -0.39 is 5.82 Å². The van der Waals surface area contributed by atoms with Crippen LogP contribution in [0.25, 0.3) is 0 Å². The number of hydrogen-bond acceptors (Lipinski definition) is 3. The van der Waals surface area contributed by atoms with Gasteiger partial charge in [0.2, 0.25) is 0 Å². The molecule has 5 heteroatoms. The molecule has 0 aliphatic carbocycles. The molecule has 3 nitrogen and oxygen atoms in total. The second-order valence-corrected chi connectivity index (χ2v) is 3.72. The van der Waals surface area contributed by atoms with Crippen molar-refractivity contribution >= 4 is 15.9 Å². The van der Waals surface area contributed by atoms with Crippen molar-refractivity contribution in [1.29, 1.82) is 0 Å². The van der Waals surface area contributed by atoms with Crippen molar-refractivity contribution in [2.45, 2.75) is 6.54 Å². The molecule has 0 radical (unpaired) electrons. The Bertz CT molecular complexity index is 358. The topological polar surface area (TPSA) is 30.5 Å². The Labute approximate surface area is 96.7 Å². The largest absolute Gasteiger partial charge is 0.495 e. The Morgan fingerprint density at radius 1 is 1.33 bits per heavy atom. The van der Waals surface area contributed by atoms with Crippen molar-refractivity contribution < 1.29 is 13.9 Å². The highest BCUT2D eigenvalue weighted by atomic mass is 79.9. The van der Waals surface area contributed by atoms with Gasteiger partial charge in [0.25, 0.3) is 0 Å². The second-order valence-electron chi connectivity index (χ2n) is 2.93. The molecular weight excluding hydrogens is 265 g/mol. The Hall–Kier alpha value is -0.810. The normalized spacial score (nSPS) is 10.2. The van der Waals surface area contributed by atoms with E-state index in [1.165, 1.54) is 20.3 Å². The first-order valence-corrected chi connectivity index (χ1v) is 5.18. The molecule has 84 valence electrons. The molecule has 0 unspecified atom stereocenters. The molecule has 0 saturated carbocycles. The summed E-state index contributed by atoms with van der Waals surface area (Å²) in [7, 11) is 4.74. The summed E-state index contributed by atoms with van der Waals surface area (Å²) in [5, 5.41) is 2.94. The molecule has 1 rings (SSSR count). The van der Waals surface area contributed by atoms with E-state index in [1.807, 2.05) is 0 Å². The number of rotatable bonds is 4. The fourth-order valence-electron chi connectivity index (χ4n) is 1.36. The van der Waals surface area contributed by atoms with Gasteiger partial charge in [-0.15, -0.1) is 0 Å². The Morgan fingerprint density at radius 2 is 1.93 bits per heavy atom. The highest BCUT2D eigenvalue weighted by molar-refractivity contribution is 9.10. The Balaban J connectivity index is 3.30. The average Bonchev–Trinajstić information content (AvgIpc) is 2.19. The maximum absolute atomic E-state index is 13.5. The summed E-state index contributed by atoms with van der Waals surface area (Å²) in [5.74, 6) is 0.338. The van der Waals surface area contributed by atoms with Gasteiger partial charge in [-0.25, -0.2) is 4.39 Å². The van der Waals surface area contributed by atoms with Gasteiger partial charge >= 0.3 is 0 Å². The molecule has 0 heterocycles. The molecule has 0 bridgehead atoms. The van der Waals surface area contributed by atoms with Gasteiger partial charge in [-0.3, -0.25) is 0 Å². The fourth-order valence-corrected chi connectivity index (χ4v) is 2.13. The van der Waals surface area contributed by atoms with Crippen LogP contribution < -0.4 is 14.8 Å². The first kappa shape index (κ1) is 12.3. The summed E-state index contributed by atoms with van der Waals surface area (Å²) in [6.45, 7) is 0.530. The van der Waals surface area contributed by atoms with E-state index in [2.05, 4.69) is 21.2 Å². The number of nitrogens with one attached hydrogen (secondary N) is 1. The molecule has 1 aromatic rings. The van der Waals surface area contributed by atoms with Crippen LogP contribution in [0.4, 0.5) is 4.39 Å². The Morgan fingerprint density at radius 3 is 2.40 bits per heavy atom. The van der Waals surface area contributed by atoms with Crippen LogP contribution in [0.1, 0.15) is 5.56 Å². The monoisotopic (exact) mass is 277 g/mol. The SMILES string of the molecule is CNCc1cc(F)c(OC)c(Br)c1OC. The third-order valence-electron chi connectivity index (χ3n) is 1.98. The van der Waals surface area contributed by atoms with Crippen LogP contribution in [-0.4, -0.2) is 21.3 Å². The van der Waals surface area contributed by atoms with Crippen molar-refractivity contribution in [2.75, 3.05) is 21.3 Å². The van der Waals surface area contributed by atoms with Crippen LogP contribution in [0.5, 0.6) is 11.5 Å². The lowest BCUT2D eigenvalue weighted by Crippen LogP contribution is -2.08. The third-order valence-corrected chi connectivity index (χ3v) is 2.70. The zero-order valence-corrected chi connectivity index (χ0v) is 10.4. The predicted molar refractivity (Wildman–Crippen MR) is 60.0 cm³/mol. The molecule has 0 fully saturated rings. The van der Waals surface area contributed by atoms with Gasteiger partial charge in [-0.05, 0) is 29.0 Å². The van der Waals surface area contributed by atoms with Gasteiger partial charge in [0.05, 0.1) is 14.2 Å². The van der Waals surface area contributed by atoms with Gasteiger partial charge in [0.15, 0.2) is 11.6 Å². The van der Waals surface area contributed by atoms with Gasteiger partial charge in [-0.1, -0.05) is 0 Å². The predicted octanol–water partition coefficient (Wildman–Crippen LogP) is 2.32. The van der Waals surface area contributed by atoms with Crippen molar-refractivity contribution in [3.05, 3.63) is 21.9 Å². The minimum Gasteiger partial charge on any atom is -0.495 e. The molecule has 0 aromatic heterocycles. The quantitative estimate of drug-likeness (QED) is 0.916. The molecule has 0 aliphatic heterocycles. The van der Waals surface area contributed by atoms with Crippen LogP contribution in [0, 0.1) is 5.82 Å². The summed E-state index contributed by atoms with van der Waals surface area (Å²) < 4.78 is 24.1. The summed E-state index contributed by atoms with van der Waals surface area (Å²) in [4.78, 5) is 0. The van der Waals surface area contributed by atoms with Crippen LogP contribution in [0.3, 0.4) is 0 Å².